The van der Waals surface area contributed by atoms with Gasteiger partial charge in [0.2, 0.25) is 0 Å². The van der Waals surface area contributed by atoms with Gasteiger partial charge in [-0.1, -0.05) is 48.5 Å². The van der Waals surface area contributed by atoms with Crippen LogP contribution in [0.1, 0.15) is 18.1 Å². The lowest BCUT2D eigenvalue weighted by Gasteiger charge is -2.21. The molecule has 0 unspecified atom stereocenters. The maximum absolute atomic E-state index is 13.4. The number of nitrogens with zero attached hydrogens (tertiary/aromatic N) is 2. The number of carbonyl (C=O) groups is 2. The number of ether oxygens (including phenoxy) is 2. The average molecular weight is 479 g/mol. The standard InChI is InChI=1S/C27H27FN2O5/c1-2-34-27(33)25-24(35-19-21-6-4-3-5-7-21)18-29-17-22(12-13-30(14-15-31)26(25)32)16-20-8-10-23(28)11-9-20/h3-12,14-15,17,31H,2,13,16,18-19H2,1H3/b15-14-,22-12-,25-24-,29-17?. The fourth-order valence-electron chi connectivity index (χ4n) is 3.37. The molecule has 1 amide bonds. The monoisotopic (exact) mass is 478 g/mol. The molecule has 2 aromatic carbocycles. The summed E-state index contributed by atoms with van der Waals surface area (Å²) in [6.45, 7) is 1.80. The zero-order valence-corrected chi connectivity index (χ0v) is 19.4. The first-order valence-corrected chi connectivity index (χ1v) is 11.1. The maximum Gasteiger partial charge on any atom is 0.347 e. The summed E-state index contributed by atoms with van der Waals surface area (Å²) in [6.07, 6.45) is 5.72. The van der Waals surface area contributed by atoms with Crippen LogP contribution in [-0.2, 0) is 32.1 Å². The molecule has 1 aliphatic rings. The molecule has 0 saturated carbocycles. The van der Waals surface area contributed by atoms with Crippen molar-refractivity contribution in [3.63, 3.8) is 0 Å². The van der Waals surface area contributed by atoms with Crippen LogP contribution in [-0.4, -0.2) is 47.8 Å². The number of aliphatic hydroxyl groups is 1. The van der Waals surface area contributed by atoms with E-state index in [-0.39, 0.29) is 43.5 Å². The van der Waals surface area contributed by atoms with Gasteiger partial charge in [-0.05, 0) is 42.2 Å². The van der Waals surface area contributed by atoms with E-state index < -0.39 is 11.9 Å². The summed E-state index contributed by atoms with van der Waals surface area (Å²) >= 11 is 0. The SMILES string of the molecule is CCOC(=O)/C1=C(\OCc2ccccc2)CN=C/C(Cc2ccc(F)cc2)=C\CN(/C=C\O)C1=O. The maximum atomic E-state index is 13.4. The van der Waals surface area contributed by atoms with Gasteiger partial charge < -0.3 is 19.5 Å². The second kappa shape index (κ2) is 12.9. The van der Waals surface area contributed by atoms with E-state index in [0.717, 1.165) is 23.0 Å². The van der Waals surface area contributed by atoms with Gasteiger partial charge in [0.15, 0.2) is 5.57 Å². The van der Waals surface area contributed by atoms with Crippen molar-refractivity contribution in [2.75, 3.05) is 19.7 Å². The number of rotatable bonds is 8. The number of halogens is 1. The molecule has 7 nitrogen and oxygen atoms in total. The van der Waals surface area contributed by atoms with E-state index >= 15 is 0 Å². The highest BCUT2D eigenvalue weighted by molar-refractivity contribution is 6.17. The molecule has 0 saturated heterocycles. The van der Waals surface area contributed by atoms with E-state index in [0.29, 0.717) is 6.42 Å². The predicted molar refractivity (Wildman–Crippen MR) is 130 cm³/mol. The summed E-state index contributed by atoms with van der Waals surface area (Å²) in [5.41, 5.74) is 2.19. The molecule has 3 rings (SSSR count). The molecule has 0 aliphatic carbocycles. The summed E-state index contributed by atoms with van der Waals surface area (Å²) in [7, 11) is 0. The molecule has 1 N–H and O–H groups in total. The number of allylic oxidation sites excluding steroid dienone is 1. The number of aliphatic imine (C=N–C) groups is 1. The summed E-state index contributed by atoms with van der Waals surface area (Å²) in [5.74, 6) is -1.79. The van der Waals surface area contributed by atoms with E-state index in [2.05, 4.69) is 4.99 Å². The van der Waals surface area contributed by atoms with Crippen LogP contribution in [0.3, 0.4) is 0 Å². The average Bonchev–Trinajstić information content (AvgIpc) is 2.86. The van der Waals surface area contributed by atoms with Crippen molar-refractivity contribution in [1.29, 1.82) is 0 Å². The Morgan fingerprint density at radius 2 is 1.89 bits per heavy atom. The number of carbonyl (C=O) groups excluding carboxylic acids is 2. The Kier molecular flexibility index (Phi) is 9.36. The van der Waals surface area contributed by atoms with Gasteiger partial charge in [0.25, 0.3) is 5.91 Å². The van der Waals surface area contributed by atoms with E-state index in [1.165, 1.54) is 23.2 Å². The van der Waals surface area contributed by atoms with Crippen molar-refractivity contribution >= 4 is 18.1 Å². The summed E-state index contributed by atoms with van der Waals surface area (Å²) in [4.78, 5) is 31.8. The van der Waals surface area contributed by atoms with Crippen molar-refractivity contribution in [3.8, 4) is 0 Å². The molecule has 0 aromatic heterocycles. The third-order valence-electron chi connectivity index (χ3n) is 5.10. The van der Waals surface area contributed by atoms with E-state index in [1.807, 2.05) is 30.3 Å². The minimum Gasteiger partial charge on any atom is -0.514 e. The van der Waals surface area contributed by atoms with Crippen molar-refractivity contribution < 1.29 is 28.6 Å². The van der Waals surface area contributed by atoms with Crippen molar-refractivity contribution in [3.05, 3.63) is 107 Å². The topological polar surface area (TPSA) is 88.4 Å². The number of esters is 1. The molecule has 0 spiro atoms. The van der Waals surface area contributed by atoms with Gasteiger partial charge in [0.1, 0.15) is 18.2 Å². The van der Waals surface area contributed by atoms with Gasteiger partial charge in [-0.25, -0.2) is 9.18 Å². The normalized spacial score (nSPS) is 18.3. The summed E-state index contributed by atoms with van der Waals surface area (Å²) < 4.78 is 24.3. The lowest BCUT2D eigenvalue weighted by molar-refractivity contribution is -0.142. The van der Waals surface area contributed by atoms with E-state index in [9.17, 15) is 19.1 Å². The molecule has 1 heterocycles. The van der Waals surface area contributed by atoms with Gasteiger partial charge in [0, 0.05) is 19.0 Å². The molecule has 0 atom stereocenters. The highest BCUT2D eigenvalue weighted by atomic mass is 19.1. The van der Waals surface area contributed by atoms with Crippen LogP contribution in [0.25, 0.3) is 0 Å². The number of aliphatic hydroxyl groups excluding tert-OH is 1. The minimum absolute atomic E-state index is 0.0489. The first kappa shape index (κ1) is 25.4. The van der Waals surface area contributed by atoms with Gasteiger partial charge in [0.05, 0.1) is 19.4 Å². The van der Waals surface area contributed by atoms with Crippen LogP contribution in [0.15, 0.2) is 95.0 Å². The lowest BCUT2D eigenvalue weighted by atomic mass is 10.0. The number of hydrogen-bond donors (Lipinski definition) is 1. The van der Waals surface area contributed by atoms with Crippen LogP contribution >= 0.6 is 0 Å². The molecule has 0 bridgehead atoms. The first-order valence-electron chi connectivity index (χ1n) is 11.1. The molecule has 182 valence electrons. The highest BCUT2D eigenvalue weighted by Crippen LogP contribution is 2.18. The van der Waals surface area contributed by atoms with Crippen LogP contribution in [0.2, 0.25) is 0 Å². The molecule has 0 fully saturated rings. The Balaban J connectivity index is 1.97. The lowest BCUT2D eigenvalue weighted by Crippen LogP contribution is -2.33. The fraction of sp³-hybridized carbons (Fsp3) is 0.222. The molecule has 0 radical (unpaired) electrons. The van der Waals surface area contributed by atoms with Crippen molar-refractivity contribution in [2.45, 2.75) is 20.0 Å². The van der Waals surface area contributed by atoms with E-state index in [1.54, 1.807) is 31.3 Å². The smallest absolute Gasteiger partial charge is 0.347 e. The Morgan fingerprint density at radius 1 is 1.14 bits per heavy atom. The summed E-state index contributed by atoms with van der Waals surface area (Å²) in [5, 5.41) is 9.38. The molecule has 2 aromatic rings. The molecule has 1 aliphatic heterocycles. The number of benzene rings is 2. The Labute approximate surface area is 203 Å². The molecule has 35 heavy (non-hydrogen) atoms. The third-order valence-corrected chi connectivity index (χ3v) is 5.10. The van der Waals surface area contributed by atoms with Gasteiger partial charge in [-0.15, -0.1) is 0 Å². The number of amides is 1. The quantitative estimate of drug-likeness (QED) is 0.348. The molecule has 8 heteroatoms. The summed E-state index contributed by atoms with van der Waals surface area (Å²) in [6, 6.07) is 15.4. The van der Waals surface area contributed by atoms with E-state index in [4.69, 9.17) is 9.47 Å². The Hall–Kier alpha value is -4.20. The van der Waals surface area contributed by atoms with Crippen molar-refractivity contribution in [1.82, 2.24) is 4.90 Å². The zero-order chi connectivity index (χ0) is 25.0. The first-order chi connectivity index (χ1) is 17.0. The number of hydrogen-bond acceptors (Lipinski definition) is 6. The molecular formula is C27H27FN2O5. The second-order valence-corrected chi connectivity index (χ2v) is 7.60. The predicted octanol–water partition coefficient (Wildman–Crippen LogP) is 4.27. The fourth-order valence-corrected chi connectivity index (χ4v) is 3.37. The Morgan fingerprint density at radius 3 is 2.57 bits per heavy atom. The second-order valence-electron chi connectivity index (χ2n) is 7.60. The van der Waals surface area contributed by atoms with Gasteiger partial charge >= 0.3 is 5.97 Å². The van der Waals surface area contributed by atoms with Crippen LogP contribution in [0.4, 0.5) is 4.39 Å². The molecular weight excluding hydrogens is 451 g/mol. The highest BCUT2D eigenvalue weighted by Gasteiger charge is 2.29. The van der Waals surface area contributed by atoms with Crippen molar-refractivity contribution in [2.24, 2.45) is 4.99 Å². The van der Waals surface area contributed by atoms with Crippen LogP contribution < -0.4 is 0 Å². The van der Waals surface area contributed by atoms with Crippen LogP contribution in [0, 0.1) is 5.82 Å². The minimum atomic E-state index is -0.830. The van der Waals surface area contributed by atoms with Gasteiger partial charge in [-0.3, -0.25) is 9.79 Å². The van der Waals surface area contributed by atoms with Crippen LogP contribution in [0.5, 0.6) is 0 Å². The van der Waals surface area contributed by atoms with Gasteiger partial charge in [-0.2, -0.15) is 0 Å². The largest absolute Gasteiger partial charge is 0.514 e. The zero-order valence-electron chi connectivity index (χ0n) is 19.4. The third kappa shape index (κ3) is 7.40. The Bertz CT molecular complexity index is 1140.